The third-order valence-corrected chi connectivity index (χ3v) is 8.05. The Bertz CT molecular complexity index is 1440. The molecule has 0 amide bonds. The number of hydrogen-bond acceptors (Lipinski definition) is 3. The van der Waals surface area contributed by atoms with E-state index in [1.165, 1.54) is 13.2 Å². The number of carbonyl (C=O) groups is 1. The Morgan fingerprint density at radius 3 is 2.44 bits per heavy atom. The molecule has 0 bridgehead atoms. The summed E-state index contributed by atoms with van der Waals surface area (Å²) in [6.07, 6.45) is -1.37. The number of benzene rings is 3. The largest absolute Gasteiger partial charge is 0.495 e. The lowest BCUT2D eigenvalue weighted by atomic mass is 9.85. The Labute approximate surface area is 237 Å². The number of halogens is 4. The van der Waals surface area contributed by atoms with Crippen LogP contribution < -0.4 is 4.74 Å². The number of carboxylic acid groups (broad SMARTS) is 1. The van der Waals surface area contributed by atoms with Gasteiger partial charge in [0.25, 0.3) is 0 Å². The highest BCUT2D eigenvalue weighted by molar-refractivity contribution is 6.01. The van der Waals surface area contributed by atoms with Crippen molar-refractivity contribution in [3.8, 4) is 5.75 Å². The van der Waals surface area contributed by atoms with Crippen LogP contribution in [0.4, 0.5) is 17.6 Å². The van der Waals surface area contributed by atoms with E-state index in [9.17, 15) is 27.5 Å². The highest BCUT2D eigenvalue weighted by Gasteiger charge is 2.36. The summed E-state index contributed by atoms with van der Waals surface area (Å²) in [5.74, 6) is -0.722. The van der Waals surface area contributed by atoms with Gasteiger partial charge in [-0.3, -0.25) is 4.39 Å². The molecule has 3 aromatic rings. The first-order valence-corrected chi connectivity index (χ1v) is 13.9. The molecule has 0 aromatic heterocycles. The van der Waals surface area contributed by atoms with Crippen LogP contribution in [0.1, 0.15) is 63.0 Å². The first-order valence-electron chi connectivity index (χ1n) is 13.9. The van der Waals surface area contributed by atoms with Gasteiger partial charge in [0, 0.05) is 25.2 Å². The van der Waals surface area contributed by atoms with Gasteiger partial charge in [0.15, 0.2) is 0 Å². The van der Waals surface area contributed by atoms with E-state index in [0.29, 0.717) is 37.2 Å². The summed E-state index contributed by atoms with van der Waals surface area (Å²) in [7, 11) is 1.26. The monoisotopic (exact) mass is 567 g/mol. The van der Waals surface area contributed by atoms with Gasteiger partial charge in [0.05, 0.1) is 24.9 Å². The van der Waals surface area contributed by atoms with Gasteiger partial charge < -0.3 is 14.7 Å². The molecule has 0 spiro atoms. The number of likely N-dealkylation sites (tertiary alicyclic amines) is 1. The number of aromatic carboxylic acids is 1. The van der Waals surface area contributed by atoms with Crippen LogP contribution in [0.2, 0.25) is 0 Å². The molecule has 0 radical (unpaired) electrons. The highest BCUT2D eigenvalue weighted by Crippen LogP contribution is 2.46. The lowest BCUT2D eigenvalue weighted by Gasteiger charge is -2.39. The number of carboxylic acids is 1. The van der Waals surface area contributed by atoms with Gasteiger partial charge in [-0.15, -0.1) is 0 Å². The normalized spacial score (nSPS) is 16.2. The molecule has 4 nitrogen and oxygen atoms in total. The minimum atomic E-state index is -4.58. The molecule has 0 saturated carbocycles. The topological polar surface area (TPSA) is 49.8 Å². The molecule has 0 atom stereocenters. The maximum absolute atomic E-state index is 13.9. The molecule has 8 heteroatoms. The van der Waals surface area contributed by atoms with Crippen molar-refractivity contribution in [1.29, 1.82) is 0 Å². The van der Waals surface area contributed by atoms with E-state index >= 15 is 0 Å². The predicted octanol–water partition coefficient (Wildman–Crippen LogP) is 7.54. The number of hydrogen-bond donors (Lipinski definition) is 1. The zero-order valence-electron chi connectivity index (χ0n) is 22.9. The maximum Gasteiger partial charge on any atom is 0.419 e. The molecule has 1 heterocycles. The number of rotatable bonds is 9. The van der Waals surface area contributed by atoms with Gasteiger partial charge in [-0.25, -0.2) is 4.79 Å². The minimum Gasteiger partial charge on any atom is -0.495 e. The number of alkyl halides is 4. The van der Waals surface area contributed by atoms with Crippen molar-refractivity contribution in [2.45, 2.75) is 38.3 Å². The van der Waals surface area contributed by atoms with Gasteiger partial charge >= 0.3 is 12.1 Å². The molecule has 3 aromatic carbocycles. The average molecular weight is 568 g/mol. The summed E-state index contributed by atoms with van der Waals surface area (Å²) < 4.78 is 59.7. The Kier molecular flexibility index (Phi) is 8.50. The van der Waals surface area contributed by atoms with Gasteiger partial charge in [0.2, 0.25) is 0 Å². The van der Waals surface area contributed by atoms with Crippen molar-refractivity contribution < 1.29 is 32.2 Å². The summed E-state index contributed by atoms with van der Waals surface area (Å²) in [5, 5.41) is 9.58. The van der Waals surface area contributed by atoms with Crippen LogP contribution in [-0.2, 0) is 19.0 Å². The summed E-state index contributed by atoms with van der Waals surface area (Å²) in [6.45, 7) is 2.38. The van der Waals surface area contributed by atoms with Crippen molar-refractivity contribution in [3.63, 3.8) is 0 Å². The standard InChI is InChI=1S/C33H33F4NO3/c1-41-31-28(7-3-8-29(31)33(35,36)37)27-6-2-5-24-18-25(32(39)40)13-14-26(24)30(27)23-11-9-21(10-12-23)17-22-19-38(20-22)16-4-15-34/h3,7-14,18,22H,2,4-6,15-17,19-20H2,1H3,(H,39,40). The number of fused-ring (bicyclic) bond motifs is 1. The Morgan fingerprint density at radius 2 is 1.78 bits per heavy atom. The fraction of sp³-hybridized carbons (Fsp3) is 0.364. The molecule has 1 aliphatic heterocycles. The van der Waals surface area contributed by atoms with E-state index in [1.807, 2.05) is 12.1 Å². The van der Waals surface area contributed by atoms with Crippen molar-refractivity contribution >= 4 is 17.1 Å². The first kappa shape index (κ1) is 28.9. The van der Waals surface area contributed by atoms with E-state index in [-0.39, 0.29) is 18.0 Å². The molecular formula is C33H33F4NO3. The highest BCUT2D eigenvalue weighted by atomic mass is 19.4. The second kappa shape index (κ2) is 12.1. The van der Waals surface area contributed by atoms with Crippen LogP contribution in [0.5, 0.6) is 5.75 Å². The summed E-state index contributed by atoms with van der Waals surface area (Å²) in [5.41, 5.74) is 4.96. The van der Waals surface area contributed by atoms with Crippen molar-refractivity contribution in [2.24, 2.45) is 5.92 Å². The van der Waals surface area contributed by atoms with Gasteiger partial charge in [0.1, 0.15) is 5.75 Å². The summed E-state index contributed by atoms with van der Waals surface area (Å²) >= 11 is 0. The quantitative estimate of drug-likeness (QED) is 0.272. The smallest absolute Gasteiger partial charge is 0.419 e. The molecule has 1 aliphatic carbocycles. The van der Waals surface area contributed by atoms with E-state index in [1.54, 1.807) is 24.3 Å². The average Bonchev–Trinajstić information content (AvgIpc) is 3.12. The molecule has 1 fully saturated rings. The lowest BCUT2D eigenvalue weighted by Crippen LogP contribution is -2.47. The van der Waals surface area contributed by atoms with Crippen LogP contribution in [0.3, 0.4) is 0 Å². The van der Waals surface area contributed by atoms with E-state index < -0.39 is 17.7 Å². The van der Waals surface area contributed by atoms with Gasteiger partial charge in [-0.2, -0.15) is 13.2 Å². The van der Waals surface area contributed by atoms with Crippen molar-refractivity contribution in [3.05, 3.63) is 99.6 Å². The molecule has 1 saturated heterocycles. The van der Waals surface area contributed by atoms with Crippen molar-refractivity contribution in [1.82, 2.24) is 4.90 Å². The summed E-state index contributed by atoms with van der Waals surface area (Å²) in [4.78, 5) is 14.0. The zero-order valence-corrected chi connectivity index (χ0v) is 22.9. The zero-order chi connectivity index (χ0) is 29.1. The first-order chi connectivity index (χ1) is 19.7. The van der Waals surface area contributed by atoms with E-state index in [2.05, 4.69) is 17.0 Å². The summed E-state index contributed by atoms with van der Waals surface area (Å²) in [6, 6.07) is 17.2. The molecule has 216 valence electrons. The number of methoxy groups -OCH3 is 1. The third-order valence-electron chi connectivity index (χ3n) is 8.05. The molecule has 0 unspecified atom stereocenters. The Morgan fingerprint density at radius 1 is 1.02 bits per heavy atom. The van der Waals surface area contributed by atoms with E-state index in [0.717, 1.165) is 65.5 Å². The number of ether oxygens (including phenoxy) is 1. The van der Waals surface area contributed by atoms with Crippen LogP contribution >= 0.6 is 0 Å². The molecular weight excluding hydrogens is 534 g/mol. The van der Waals surface area contributed by atoms with Crippen LogP contribution in [0, 0.1) is 5.92 Å². The fourth-order valence-electron chi connectivity index (χ4n) is 6.15. The Balaban J connectivity index is 1.58. The molecule has 2 aliphatic rings. The second-order valence-corrected chi connectivity index (χ2v) is 10.8. The number of allylic oxidation sites excluding steroid dienone is 1. The van der Waals surface area contributed by atoms with Crippen LogP contribution in [0.25, 0.3) is 11.1 Å². The number of nitrogens with zero attached hydrogens (tertiary/aromatic N) is 1. The molecule has 41 heavy (non-hydrogen) atoms. The van der Waals surface area contributed by atoms with Gasteiger partial charge in [-0.1, -0.05) is 42.5 Å². The minimum absolute atomic E-state index is 0.180. The third kappa shape index (κ3) is 6.17. The predicted molar refractivity (Wildman–Crippen MR) is 151 cm³/mol. The van der Waals surface area contributed by atoms with Crippen LogP contribution in [-0.4, -0.2) is 49.4 Å². The van der Waals surface area contributed by atoms with Crippen molar-refractivity contribution in [2.75, 3.05) is 33.4 Å². The lowest BCUT2D eigenvalue weighted by molar-refractivity contribution is -0.138. The van der Waals surface area contributed by atoms with Crippen LogP contribution in [0.15, 0.2) is 60.7 Å². The second-order valence-electron chi connectivity index (χ2n) is 10.8. The Hall–Kier alpha value is -3.65. The number of aryl methyl sites for hydroxylation is 1. The molecule has 1 N–H and O–H groups in total. The molecule has 5 rings (SSSR count). The SMILES string of the molecule is COc1c(C2=C(c3ccc(CC4CN(CCCF)C4)cc3)c3ccc(C(=O)O)cc3CCC2)cccc1C(F)(F)F. The van der Waals surface area contributed by atoms with Gasteiger partial charge in [-0.05, 0) is 89.6 Å². The maximum atomic E-state index is 13.9. The van der Waals surface area contributed by atoms with E-state index in [4.69, 9.17) is 4.74 Å². The fourth-order valence-corrected chi connectivity index (χ4v) is 6.15. The number of para-hydroxylation sites is 1.